The first-order chi connectivity index (χ1) is 12.2. The fourth-order valence-corrected chi connectivity index (χ4v) is 4.20. The summed E-state index contributed by atoms with van der Waals surface area (Å²) in [6.45, 7) is 7.60. The zero-order valence-electron chi connectivity index (χ0n) is 14.7. The van der Waals surface area contributed by atoms with Gasteiger partial charge in [0.25, 0.3) is 5.91 Å². The number of carboxylic acids is 1. The van der Waals surface area contributed by atoms with Crippen LogP contribution in [0.4, 0.5) is 0 Å². The Kier molecular flexibility index (Phi) is 9.22. The van der Waals surface area contributed by atoms with Gasteiger partial charge < -0.3 is 19.5 Å². The minimum atomic E-state index is -3.22. The summed E-state index contributed by atoms with van der Waals surface area (Å²) in [7, 11) is -3.22. The molecule has 2 N–H and O–H groups in total. The fraction of sp³-hybridized carbons (Fsp3) is 0.412. The van der Waals surface area contributed by atoms with Gasteiger partial charge >= 0.3 is 13.6 Å². The van der Waals surface area contributed by atoms with Gasteiger partial charge in [-0.25, -0.2) is 4.79 Å². The van der Waals surface area contributed by atoms with Gasteiger partial charge in [-0.3, -0.25) is 9.36 Å². The van der Waals surface area contributed by atoms with E-state index in [0.29, 0.717) is 15.6 Å². The van der Waals surface area contributed by atoms with E-state index >= 15 is 0 Å². The molecule has 0 aliphatic rings. The molecule has 1 aromatic rings. The molecule has 1 amide bonds. The number of carbonyl (C=O) groups is 2. The number of hydrogen-bond donors (Lipinski definition) is 2. The molecule has 144 valence electrons. The van der Waals surface area contributed by atoms with E-state index in [2.05, 4.69) is 27.8 Å². The van der Waals surface area contributed by atoms with Gasteiger partial charge in [0.05, 0.1) is 19.4 Å². The Labute approximate surface area is 161 Å². The van der Waals surface area contributed by atoms with Crippen molar-refractivity contribution in [2.24, 2.45) is 0 Å². The highest BCUT2D eigenvalue weighted by atomic mass is 79.9. The standard InChI is InChI=1S/C17H23BrNO6P/c1-4-24-26(23,25-5-2)11-13-6-8-14(9-7-13)16(20)19-15(17(21)22)10-12(3)18/h6-9,15H,3-5,10-11H2,1-2H3,(H,19,20)(H,21,22)/t15-/m0/s1. The lowest BCUT2D eigenvalue weighted by molar-refractivity contribution is -0.139. The predicted octanol–water partition coefficient (Wildman–Crippen LogP) is 3.93. The van der Waals surface area contributed by atoms with Crippen molar-refractivity contribution in [2.45, 2.75) is 32.5 Å². The van der Waals surface area contributed by atoms with E-state index in [1.807, 2.05) is 0 Å². The Hall–Kier alpha value is -1.47. The number of rotatable bonds is 11. The van der Waals surface area contributed by atoms with Crippen molar-refractivity contribution < 1.29 is 28.3 Å². The molecule has 0 unspecified atom stereocenters. The lowest BCUT2D eigenvalue weighted by Gasteiger charge is -2.17. The molecule has 26 heavy (non-hydrogen) atoms. The number of nitrogens with one attached hydrogen (secondary N) is 1. The highest BCUT2D eigenvalue weighted by Gasteiger charge is 2.24. The van der Waals surface area contributed by atoms with Crippen molar-refractivity contribution in [3.8, 4) is 0 Å². The summed E-state index contributed by atoms with van der Waals surface area (Å²) < 4.78 is 23.5. The molecule has 7 nitrogen and oxygen atoms in total. The number of halogens is 1. The minimum absolute atomic E-state index is 0.0745. The SMILES string of the molecule is C=C(Br)C[C@H](NC(=O)c1ccc(CP(=O)(OCC)OCC)cc1)C(=O)O. The molecule has 9 heteroatoms. The van der Waals surface area contributed by atoms with Gasteiger partial charge in [-0.1, -0.05) is 34.6 Å². The topological polar surface area (TPSA) is 102 Å². The molecule has 0 radical (unpaired) electrons. The summed E-state index contributed by atoms with van der Waals surface area (Å²) in [5, 5.41) is 11.6. The summed E-state index contributed by atoms with van der Waals surface area (Å²) in [6, 6.07) is 5.27. The Morgan fingerprint density at radius 1 is 1.23 bits per heavy atom. The van der Waals surface area contributed by atoms with Crippen molar-refractivity contribution in [1.82, 2.24) is 5.32 Å². The molecule has 1 aromatic carbocycles. The van der Waals surface area contributed by atoms with Crippen LogP contribution in [0.3, 0.4) is 0 Å². The molecule has 0 aliphatic carbocycles. The zero-order valence-corrected chi connectivity index (χ0v) is 17.2. The van der Waals surface area contributed by atoms with Gasteiger partial charge in [0.2, 0.25) is 0 Å². The largest absolute Gasteiger partial charge is 0.480 e. The van der Waals surface area contributed by atoms with Crippen molar-refractivity contribution in [2.75, 3.05) is 13.2 Å². The summed E-state index contributed by atoms with van der Waals surface area (Å²) >= 11 is 3.09. The lowest BCUT2D eigenvalue weighted by atomic mass is 10.1. The van der Waals surface area contributed by atoms with E-state index in [4.69, 9.17) is 14.2 Å². The molecule has 0 spiro atoms. The fourth-order valence-electron chi connectivity index (χ4n) is 2.17. The van der Waals surface area contributed by atoms with E-state index in [9.17, 15) is 14.2 Å². The Morgan fingerprint density at radius 3 is 2.19 bits per heavy atom. The molecule has 0 aliphatic heterocycles. The summed E-state index contributed by atoms with van der Waals surface area (Å²) in [5.41, 5.74) is 0.984. The van der Waals surface area contributed by atoms with Crippen molar-refractivity contribution >= 4 is 35.4 Å². The van der Waals surface area contributed by atoms with Gasteiger partial charge in [0, 0.05) is 12.0 Å². The van der Waals surface area contributed by atoms with E-state index in [1.165, 1.54) is 12.1 Å². The zero-order chi connectivity index (χ0) is 19.7. The normalized spacial score (nSPS) is 12.4. The van der Waals surface area contributed by atoms with Gasteiger partial charge in [0.1, 0.15) is 6.04 Å². The first-order valence-corrected chi connectivity index (χ1v) is 10.6. The Balaban J connectivity index is 2.82. The molecule has 0 saturated heterocycles. The molecule has 0 heterocycles. The summed E-state index contributed by atoms with van der Waals surface area (Å²) in [6.07, 6.45) is 0.169. The van der Waals surface area contributed by atoms with E-state index in [0.717, 1.165) is 0 Å². The van der Waals surface area contributed by atoms with Gasteiger partial charge in [0.15, 0.2) is 0 Å². The maximum Gasteiger partial charge on any atom is 0.335 e. The average molecular weight is 448 g/mol. The number of aliphatic carboxylic acids is 1. The van der Waals surface area contributed by atoms with E-state index in [-0.39, 0.29) is 25.8 Å². The van der Waals surface area contributed by atoms with Crippen LogP contribution in [-0.2, 0) is 24.6 Å². The third kappa shape index (κ3) is 7.41. The molecule has 0 aromatic heterocycles. The van der Waals surface area contributed by atoms with Gasteiger partial charge in [-0.15, -0.1) is 0 Å². The number of amides is 1. The number of hydrogen-bond acceptors (Lipinski definition) is 5. The summed E-state index contributed by atoms with van der Waals surface area (Å²) in [4.78, 5) is 23.4. The van der Waals surface area contributed by atoms with Gasteiger partial charge in [-0.2, -0.15) is 0 Å². The molecule has 0 bridgehead atoms. The first-order valence-electron chi connectivity index (χ1n) is 8.04. The molecule has 1 atom stereocenters. The van der Waals surface area contributed by atoms with Crippen LogP contribution in [0.1, 0.15) is 36.2 Å². The van der Waals surface area contributed by atoms with E-state index < -0.39 is 25.5 Å². The maximum absolute atomic E-state index is 12.5. The van der Waals surface area contributed by atoms with E-state index in [1.54, 1.807) is 26.0 Å². The van der Waals surface area contributed by atoms with Crippen LogP contribution in [0.15, 0.2) is 35.3 Å². The predicted molar refractivity (Wildman–Crippen MR) is 103 cm³/mol. The van der Waals surface area contributed by atoms with Crippen LogP contribution in [0.2, 0.25) is 0 Å². The van der Waals surface area contributed by atoms with Crippen LogP contribution in [0, 0.1) is 0 Å². The van der Waals surface area contributed by atoms with Crippen LogP contribution in [0.5, 0.6) is 0 Å². The second-order valence-corrected chi connectivity index (χ2v) is 8.56. The second kappa shape index (κ2) is 10.6. The highest BCUT2D eigenvalue weighted by Crippen LogP contribution is 2.51. The average Bonchev–Trinajstić information content (AvgIpc) is 2.54. The number of carbonyl (C=O) groups excluding carboxylic acids is 1. The summed E-state index contributed by atoms with van der Waals surface area (Å²) in [5.74, 6) is -1.67. The van der Waals surface area contributed by atoms with Crippen LogP contribution in [-0.4, -0.2) is 36.2 Å². The van der Waals surface area contributed by atoms with Crippen molar-refractivity contribution in [3.63, 3.8) is 0 Å². The maximum atomic E-state index is 12.5. The Bertz CT molecular complexity index is 681. The molecular formula is C17H23BrNO6P. The van der Waals surface area contributed by atoms with Crippen LogP contribution in [0.25, 0.3) is 0 Å². The molecule has 0 saturated carbocycles. The number of benzene rings is 1. The first kappa shape index (κ1) is 22.6. The van der Waals surface area contributed by atoms with Crippen LogP contribution < -0.4 is 5.32 Å². The van der Waals surface area contributed by atoms with Crippen molar-refractivity contribution in [1.29, 1.82) is 0 Å². The third-order valence-corrected chi connectivity index (χ3v) is 5.65. The number of carboxylic acid groups (broad SMARTS) is 1. The quantitative estimate of drug-likeness (QED) is 0.498. The van der Waals surface area contributed by atoms with Gasteiger partial charge in [-0.05, 0) is 36.0 Å². The minimum Gasteiger partial charge on any atom is -0.480 e. The Morgan fingerprint density at radius 2 is 1.77 bits per heavy atom. The van der Waals surface area contributed by atoms with Crippen LogP contribution >= 0.6 is 23.5 Å². The smallest absolute Gasteiger partial charge is 0.335 e. The molecular weight excluding hydrogens is 425 g/mol. The molecule has 1 rings (SSSR count). The monoisotopic (exact) mass is 447 g/mol. The lowest BCUT2D eigenvalue weighted by Crippen LogP contribution is -2.40. The molecule has 0 fully saturated rings. The third-order valence-electron chi connectivity index (χ3n) is 3.27. The van der Waals surface area contributed by atoms with Crippen molar-refractivity contribution in [3.05, 3.63) is 46.5 Å². The highest BCUT2D eigenvalue weighted by molar-refractivity contribution is 9.11. The second-order valence-electron chi connectivity index (χ2n) is 5.39.